The van der Waals surface area contributed by atoms with Gasteiger partial charge in [-0.1, -0.05) is 12.8 Å². The van der Waals surface area contributed by atoms with Crippen molar-refractivity contribution in [1.29, 1.82) is 5.26 Å². The molecule has 10 nitrogen and oxygen atoms in total. The molecule has 4 atom stereocenters. The molecule has 4 rings (SSSR count). The standard InChI is InChI=1S/C18H20FN5O5/c19-10-5-12(24-13(10)16(21)22-8-23-24)18(7-20)15(26)14(25)11(29-18)6-28-17(27)9-3-1-2-4-9/h5,8-9,11,14-15,25-26H,1-4,6H2,(H2,21,22,23)/t11-,14-,15-,18+/m1/s1. The van der Waals surface area contributed by atoms with Gasteiger partial charge in [-0.3, -0.25) is 4.79 Å². The molecule has 0 aromatic carbocycles. The second-order valence-corrected chi connectivity index (χ2v) is 7.33. The topological polar surface area (TPSA) is 156 Å². The smallest absolute Gasteiger partial charge is 0.309 e. The van der Waals surface area contributed by atoms with Gasteiger partial charge >= 0.3 is 5.97 Å². The minimum atomic E-state index is -2.14. The molecular weight excluding hydrogens is 385 g/mol. The van der Waals surface area contributed by atoms with Gasteiger partial charge in [-0.25, -0.2) is 13.9 Å². The van der Waals surface area contributed by atoms with Gasteiger partial charge in [0.15, 0.2) is 11.6 Å². The van der Waals surface area contributed by atoms with Crippen LogP contribution < -0.4 is 5.73 Å². The van der Waals surface area contributed by atoms with Crippen molar-refractivity contribution in [1.82, 2.24) is 14.6 Å². The predicted octanol–water partition coefficient (Wildman–Crippen LogP) is 0.0235. The lowest BCUT2D eigenvalue weighted by Crippen LogP contribution is -2.41. The van der Waals surface area contributed by atoms with E-state index in [1.165, 1.54) is 0 Å². The molecule has 0 radical (unpaired) electrons. The van der Waals surface area contributed by atoms with E-state index in [-0.39, 0.29) is 29.6 Å². The molecule has 11 heteroatoms. The molecule has 2 fully saturated rings. The van der Waals surface area contributed by atoms with Crippen molar-refractivity contribution in [2.45, 2.75) is 49.6 Å². The Bertz CT molecular complexity index is 985. The van der Waals surface area contributed by atoms with Crippen LogP contribution in [0.4, 0.5) is 10.2 Å². The molecule has 1 aliphatic heterocycles. The Morgan fingerprint density at radius 1 is 1.48 bits per heavy atom. The van der Waals surface area contributed by atoms with Crippen LogP contribution >= 0.6 is 0 Å². The van der Waals surface area contributed by atoms with E-state index in [2.05, 4.69) is 10.1 Å². The number of anilines is 1. The molecule has 0 amide bonds. The summed E-state index contributed by atoms with van der Waals surface area (Å²) in [6.07, 6.45) is 0.00235. The van der Waals surface area contributed by atoms with Gasteiger partial charge in [0.1, 0.15) is 42.8 Å². The SMILES string of the molecule is N#C[C@@]1(c2cc(F)c3c(N)ncnn23)O[C@H](COC(=O)C2CCCC2)[C@@H](O)[C@H]1O. The van der Waals surface area contributed by atoms with Gasteiger partial charge in [-0.05, 0) is 12.8 Å². The van der Waals surface area contributed by atoms with E-state index in [0.717, 1.165) is 42.6 Å². The maximum Gasteiger partial charge on any atom is 0.309 e. The Morgan fingerprint density at radius 2 is 2.21 bits per heavy atom. The zero-order chi connectivity index (χ0) is 20.8. The molecule has 1 aliphatic carbocycles. The number of carbonyl (C=O) groups is 1. The monoisotopic (exact) mass is 405 g/mol. The maximum absolute atomic E-state index is 14.4. The van der Waals surface area contributed by atoms with Gasteiger partial charge in [0.05, 0.1) is 11.6 Å². The molecule has 2 aromatic rings. The highest BCUT2D eigenvalue weighted by Gasteiger charge is 2.58. The number of aliphatic hydroxyl groups is 2. The Hall–Kier alpha value is -2.81. The average Bonchev–Trinajstić information content (AvgIpc) is 3.41. The molecule has 2 aliphatic rings. The molecule has 154 valence electrons. The molecular formula is C18H20FN5O5. The number of halogens is 1. The van der Waals surface area contributed by atoms with Crippen molar-refractivity contribution in [3.05, 3.63) is 23.9 Å². The number of nitrogen functional groups attached to an aromatic ring is 1. The summed E-state index contributed by atoms with van der Waals surface area (Å²) in [6, 6.07) is 2.76. The summed E-state index contributed by atoms with van der Waals surface area (Å²) in [5, 5.41) is 34.7. The number of nitrogens with two attached hydrogens (primary N) is 1. The highest BCUT2D eigenvalue weighted by Crippen LogP contribution is 2.41. The van der Waals surface area contributed by atoms with Crippen LogP contribution in [-0.2, 0) is 19.9 Å². The van der Waals surface area contributed by atoms with Crippen molar-refractivity contribution >= 4 is 17.3 Å². The first-order valence-electron chi connectivity index (χ1n) is 9.29. The second-order valence-electron chi connectivity index (χ2n) is 7.33. The van der Waals surface area contributed by atoms with Crippen LogP contribution in [0.15, 0.2) is 12.4 Å². The number of nitrogens with zero attached hydrogens (tertiary/aromatic N) is 4. The van der Waals surface area contributed by atoms with E-state index in [4.69, 9.17) is 15.2 Å². The highest BCUT2D eigenvalue weighted by atomic mass is 19.1. The van der Waals surface area contributed by atoms with E-state index < -0.39 is 35.7 Å². The van der Waals surface area contributed by atoms with Crippen LogP contribution in [0.5, 0.6) is 0 Å². The summed E-state index contributed by atoms with van der Waals surface area (Å²) in [5.41, 5.74) is 3.20. The summed E-state index contributed by atoms with van der Waals surface area (Å²) in [6.45, 7) is -0.347. The summed E-state index contributed by atoms with van der Waals surface area (Å²) < 4.78 is 26.3. The molecule has 2 aromatic heterocycles. The number of hydrogen-bond acceptors (Lipinski definition) is 9. The summed E-state index contributed by atoms with van der Waals surface area (Å²) >= 11 is 0. The highest BCUT2D eigenvalue weighted by molar-refractivity contribution is 5.72. The van der Waals surface area contributed by atoms with E-state index in [0.29, 0.717) is 0 Å². The van der Waals surface area contributed by atoms with E-state index in [9.17, 15) is 24.7 Å². The van der Waals surface area contributed by atoms with Gasteiger partial charge < -0.3 is 25.4 Å². The average molecular weight is 405 g/mol. The number of rotatable bonds is 4. The van der Waals surface area contributed by atoms with Crippen molar-refractivity contribution in [3.63, 3.8) is 0 Å². The predicted molar refractivity (Wildman–Crippen MR) is 94.5 cm³/mol. The van der Waals surface area contributed by atoms with Gasteiger partial charge in [0.2, 0.25) is 5.60 Å². The number of aliphatic hydroxyl groups excluding tert-OH is 2. The molecule has 0 unspecified atom stereocenters. The van der Waals surface area contributed by atoms with Crippen LogP contribution in [0.3, 0.4) is 0 Å². The molecule has 1 saturated heterocycles. The van der Waals surface area contributed by atoms with Crippen LogP contribution in [0.25, 0.3) is 5.52 Å². The zero-order valence-corrected chi connectivity index (χ0v) is 15.4. The van der Waals surface area contributed by atoms with Crippen LogP contribution in [-0.4, -0.2) is 55.7 Å². The first-order valence-corrected chi connectivity index (χ1v) is 9.29. The molecule has 4 N–H and O–H groups in total. The molecule has 1 saturated carbocycles. The third-order valence-electron chi connectivity index (χ3n) is 5.62. The van der Waals surface area contributed by atoms with Gasteiger partial charge in [0, 0.05) is 6.07 Å². The first-order chi connectivity index (χ1) is 13.9. The fourth-order valence-corrected chi connectivity index (χ4v) is 4.05. The van der Waals surface area contributed by atoms with Gasteiger partial charge in [0.25, 0.3) is 0 Å². The van der Waals surface area contributed by atoms with Gasteiger partial charge in [-0.15, -0.1) is 0 Å². The fourth-order valence-electron chi connectivity index (χ4n) is 4.05. The number of esters is 1. The number of aromatic nitrogens is 3. The van der Waals surface area contributed by atoms with E-state index >= 15 is 0 Å². The van der Waals surface area contributed by atoms with Gasteiger partial charge in [-0.2, -0.15) is 10.4 Å². The summed E-state index contributed by atoms with van der Waals surface area (Å²) in [5.74, 6) is -1.56. The number of hydrogen-bond donors (Lipinski definition) is 3. The van der Waals surface area contributed by atoms with Crippen molar-refractivity contribution in [2.24, 2.45) is 5.92 Å². The normalized spacial score (nSPS) is 29.9. The van der Waals surface area contributed by atoms with Crippen molar-refractivity contribution in [3.8, 4) is 6.07 Å². The first kappa shape index (κ1) is 19.5. The second kappa shape index (κ2) is 7.22. The van der Waals surface area contributed by atoms with E-state index in [1.54, 1.807) is 0 Å². The van der Waals surface area contributed by atoms with Crippen molar-refractivity contribution in [2.75, 3.05) is 12.3 Å². The number of nitriles is 1. The summed E-state index contributed by atoms with van der Waals surface area (Å²) in [4.78, 5) is 15.8. The van der Waals surface area contributed by atoms with Crippen LogP contribution in [0.1, 0.15) is 31.4 Å². The third kappa shape index (κ3) is 3.00. The van der Waals surface area contributed by atoms with Crippen molar-refractivity contribution < 1.29 is 28.9 Å². The largest absolute Gasteiger partial charge is 0.463 e. The maximum atomic E-state index is 14.4. The molecule has 29 heavy (non-hydrogen) atoms. The van der Waals surface area contributed by atoms with E-state index in [1.807, 2.05) is 6.07 Å². The Morgan fingerprint density at radius 3 is 2.90 bits per heavy atom. The number of ether oxygens (including phenoxy) is 2. The third-order valence-corrected chi connectivity index (χ3v) is 5.62. The lowest BCUT2D eigenvalue weighted by atomic mass is 9.92. The minimum Gasteiger partial charge on any atom is -0.463 e. The fraction of sp³-hybridized carbons (Fsp3) is 0.556. The molecule has 0 spiro atoms. The zero-order valence-electron chi connectivity index (χ0n) is 15.4. The lowest BCUT2D eigenvalue weighted by Gasteiger charge is -2.24. The molecule has 0 bridgehead atoms. The quantitative estimate of drug-likeness (QED) is 0.597. The van der Waals surface area contributed by atoms with Crippen LogP contribution in [0, 0.1) is 23.1 Å². The Kier molecular flexibility index (Phi) is 4.85. The Balaban J connectivity index is 1.62. The Labute approximate surface area is 164 Å². The van der Waals surface area contributed by atoms with Crippen LogP contribution in [0.2, 0.25) is 0 Å². The molecule has 3 heterocycles. The number of carbonyl (C=O) groups excluding carboxylic acids is 1. The minimum absolute atomic E-state index is 0.155. The summed E-state index contributed by atoms with van der Waals surface area (Å²) in [7, 11) is 0. The lowest BCUT2D eigenvalue weighted by molar-refractivity contribution is -0.155. The number of fused-ring (bicyclic) bond motifs is 1.